The molecule has 0 radical (unpaired) electrons. The molecule has 0 aliphatic rings. The molecule has 2 heteroatoms. The molecule has 0 amide bonds. The van der Waals surface area contributed by atoms with Crippen LogP contribution in [0.15, 0.2) is 0 Å². The van der Waals surface area contributed by atoms with Crippen molar-refractivity contribution in [2.45, 2.75) is 73.6 Å². The molecule has 0 aliphatic carbocycles. The number of hydrogen-bond donors (Lipinski definition) is 0. The zero-order chi connectivity index (χ0) is 14.8. The lowest BCUT2D eigenvalue weighted by atomic mass is 9.89. The van der Waals surface area contributed by atoms with E-state index in [9.17, 15) is 0 Å². The van der Waals surface area contributed by atoms with Crippen molar-refractivity contribution >= 4 is 0 Å². The van der Waals surface area contributed by atoms with Crippen LogP contribution < -0.4 is 0 Å². The van der Waals surface area contributed by atoms with Crippen molar-refractivity contribution in [3.05, 3.63) is 0 Å². The molecule has 2 nitrogen and oxygen atoms in total. The van der Waals surface area contributed by atoms with Crippen molar-refractivity contribution in [2.24, 2.45) is 10.8 Å². The molecule has 0 aromatic rings. The molecular weight excluding hydrogens is 236 g/mol. The highest BCUT2D eigenvalue weighted by Crippen LogP contribution is 2.21. The van der Waals surface area contributed by atoms with E-state index >= 15 is 0 Å². The molecular formula is C17H36O2. The monoisotopic (exact) mass is 272 g/mol. The highest BCUT2D eigenvalue weighted by molar-refractivity contribution is 4.61. The Morgan fingerprint density at radius 3 is 1.74 bits per heavy atom. The average molecular weight is 272 g/mol. The van der Waals surface area contributed by atoms with E-state index in [0.29, 0.717) is 5.41 Å². The summed E-state index contributed by atoms with van der Waals surface area (Å²) in [5.74, 6) is 0. The topological polar surface area (TPSA) is 18.5 Å². The molecule has 116 valence electrons. The third-order valence-electron chi connectivity index (χ3n) is 2.83. The number of unbranched alkanes of at least 4 members (excludes halogenated alkanes) is 2. The van der Waals surface area contributed by atoms with Gasteiger partial charge in [-0.05, 0) is 30.1 Å². The standard InChI is InChI=1S/C17H36O2/c1-16(2,3)11-8-7-9-12-18-13-10-14-19-15-17(4,5)6/h7-15H2,1-6H3. The van der Waals surface area contributed by atoms with E-state index < -0.39 is 0 Å². The van der Waals surface area contributed by atoms with E-state index in [1.54, 1.807) is 0 Å². The zero-order valence-electron chi connectivity index (χ0n) is 14.2. The fraction of sp³-hybridized carbons (Fsp3) is 1.00. The van der Waals surface area contributed by atoms with E-state index in [1.165, 1.54) is 25.7 Å². The minimum Gasteiger partial charge on any atom is -0.381 e. The Labute approximate surface area is 121 Å². The Hall–Kier alpha value is -0.0800. The lowest BCUT2D eigenvalue weighted by Crippen LogP contribution is -2.15. The first-order valence-electron chi connectivity index (χ1n) is 7.86. The second-order valence-electron chi connectivity index (χ2n) is 7.95. The predicted molar refractivity (Wildman–Crippen MR) is 83.6 cm³/mol. The second-order valence-corrected chi connectivity index (χ2v) is 7.95. The highest BCUT2D eigenvalue weighted by atomic mass is 16.5. The minimum atomic E-state index is 0.272. The molecule has 0 heterocycles. The van der Waals surface area contributed by atoms with Crippen LogP contribution in [0.4, 0.5) is 0 Å². The van der Waals surface area contributed by atoms with Gasteiger partial charge < -0.3 is 9.47 Å². The van der Waals surface area contributed by atoms with Gasteiger partial charge in [-0.1, -0.05) is 54.4 Å². The number of ether oxygens (including phenoxy) is 2. The molecule has 0 N–H and O–H groups in total. The first-order chi connectivity index (χ1) is 8.71. The van der Waals surface area contributed by atoms with E-state index in [-0.39, 0.29) is 5.41 Å². The largest absolute Gasteiger partial charge is 0.381 e. The van der Waals surface area contributed by atoms with Crippen LogP contribution in [0, 0.1) is 10.8 Å². The summed E-state index contributed by atoms with van der Waals surface area (Å²) in [5, 5.41) is 0. The summed E-state index contributed by atoms with van der Waals surface area (Å²) in [5.41, 5.74) is 0.749. The summed E-state index contributed by atoms with van der Waals surface area (Å²) in [7, 11) is 0. The molecule has 0 fully saturated rings. The van der Waals surface area contributed by atoms with Crippen LogP contribution in [0.3, 0.4) is 0 Å². The van der Waals surface area contributed by atoms with Crippen LogP contribution >= 0.6 is 0 Å². The van der Waals surface area contributed by atoms with E-state index in [0.717, 1.165) is 32.8 Å². The lowest BCUT2D eigenvalue weighted by Gasteiger charge is -2.18. The Morgan fingerprint density at radius 2 is 1.16 bits per heavy atom. The van der Waals surface area contributed by atoms with Gasteiger partial charge in [-0.25, -0.2) is 0 Å². The molecule has 0 unspecified atom stereocenters. The van der Waals surface area contributed by atoms with Gasteiger partial charge >= 0.3 is 0 Å². The molecule has 0 aromatic carbocycles. The van der Waals surface area contributed by atoms with Gasteiger partial charge in [-0.2, -0.15) is 0 Å². The molecule has 0 bridgehead atoms. The first-order valence-corrected chi connectivity index (χ1v) is 7.86. The first kappa shape index (κ1) is 18.9. The Morgan fingerprint density at radius 1 is 0.579 bits per heavy atom. The maximum Gasteiger partial charge on any atom is 0.0514 e. The molecule has 0 saturated heterocycles. The second kappa shape index (κ2) is 9.77. The number of hydrogen-bond acceptors (Lipinski definition) is 2. The van der Waals surface area contributed by atoms with Gasteiger partial charge in [-0.15, -0.1) is 0 Å². The molecule has 0 atom stereocenters. The van der Waals surface area contributed by atoms with Crippen LogP contribution in [0.2, 0.25) is 0 Å². The minimum absolute atomic E-state index is 0.272. The molecule has 0 aromatic heterocycles. The number of rotatable bonds is 10. The molecule has 19 heavy (non-hydrogen) atoms. The van der Waals surface area contributed by atoms with E-state index in [1.807, 2.05) is 0 Å². The summed E-state index contributed by atoms with van der Waals surface area (Å²) < 4.78 is 11.2. The third-order valence-corrected chi connectivity index (χ3v) is 2.83. The predicted octanol–water partition coefficient (Wildman–Crippen LogP) is 5.06. The fourth-order valence-electron chi connectivity index (χ4n) is 1.78. The van der Waals surface area contributed by atoms with Gasteiger partial charge in [0.25, 0.3) is 0 Å². The molecule has 0 aliphatic heterocycles. The van der Waals surface area contributed by atoms with Crippen LogP contribution in [-0.4, -0.2) is 26.4 Å². The average Bonchev–Trinajstić information content (AvgIpc) is 2.22. The van der Waals surface area contributed by atoms with Crippen LogP contribution in [0.1, 0.15) is 73.6 Å². The fourth-order valence-corrected chi connectivity index (χ4v) is 1.78. The smallest absolute Gasteiger partial charge is 0.0514 e. The maximum absolute atomic E-state index is 5.62. The summed E-state index contributed by atoms with van der Waals surface area (Å²) in [4.78, 5) is 0. The van der Waals surface area contributed by atoms with Gasteiger partial charge in [0.05, 0.1) is 6.61 Å². The van der Waals surface area contributed by atoms with Gasteiger partial charge in [-0.3, -0.25) is 0 Å². The van der Waals surface area contributed by atoms with Crippen LogP contribution in [0.5, 0.6) is 0 Å². The SMILES string of the molecule is CC(C)(C)CCCCCOCCCOCC(C)(C)C. The van der Waals surface area contributed by atoms with Gasteiger partial charge in [0.2, 0.25) is 0 Å². The van der Waals surface area contributed by atoms with Crippen LogP contribution in [0.25, 0.3) is 0 Å². The molecule has 0 saturated carbocycles. The lowest BCUT2D eigenvalue weighted by molar-refractivity contribution is 0.0477. The highest BCUT2D eigenvalue weighted by Gasteiger charge is 2.09. The maximum atomic E-state index is 5.62. The Balaban J connectivity index is 3.12. The summed E-state index contributed by atoms with van der Waals surface area (Å²) >= 11 is 0. The molecule has 0 rings (SSSR count). The van der Waals surface area contributed by atoms with Gasteiger partial charge in [0, 0.05) is 19.8 Å². The van der Waals surface area contributed by atoms with Crippen molar-refractivity contribution in [2.75, 3.05) is 26.4 Å². The van der Waals surface area contributed by atoms with Gasteiger partial charge in [0.15, 0.2) is 0 Å². The summed E-state index contributed by atoms with van der Waals surface area (Å²) in [6.45, 7) is 16.9. The Kier molecular flexibility index (Phi) is 9.72. The quantitative estimate of drug-likeness (QED) is 0.517. The van der Waals surface area contributed by atoms with Crippen molar-refractivity contribution in [3.8, 4) is 0 Å². The normalized spacial score (nSPS) is 12.9. The van der Waals surface area contributed by atoms with Crippen molar-refractivity contribution < 1.29 is 9.47 Å². The third kappa shape index (κ3) is 17.9. The Bertz CT molecular complexity index is 176. The van der Waals surface area contributed by atoms with E-state index in [4.69, 9.17) is 9.47 Å². The van der Waals surface area contributed by atoms with Crippen LogP contribution in [-0.2, 0) is 9.47 Å². The summed E-state index contributed by atoms with van der Waals surface area (Å²) in [6.07, 6.45) is 6.13. The summed E-state index contributed by atoms with van der Waals surface area (Å²) in [6, 6.07) is 0. The van der Waals surface area contributed by atoms with Crippen molar-refractivity contribution in [1.82, 2.24) is 0 Å². The van der Waals surface area contributed by atoms with Gasteiger partial charge in [0.1, 0.15) is 0 Å². The van der Waals surface area contributed by atoms with Crippen molar-refractivity contribution in [1.29, 1.82) is 0 Å². The zero-order valence-corrected chi connectivity index (χ0v) is 14.2. The van der Waals surface area contributed by atoms with E-state index in [2.05, 4.69) is 41.5 Å². The van der Waals surface area contributed by atoms with Crippen molar-refractivity contribution in [3.63, 3.8) is 0 Å². The molecule has 0 spiro atoms.